The summed E-state index contributed by atoms with van der Waals surface area (Å²) in [5.74, 6) is -1.04. The summed E-state index contributed by atoms with van der Waals surface area (Å²) in [5.41, 5.74) is 0.682. The van der Waals surface area contributed by atoms with Gasteiger partial charge in [-0.25, -0.2) is 4.79 Å². The first-order chi connectivity index (χ1) is 16.4. The average Bonchev–Trinajstić information content (AvgIpc) is 3.22. The van der Waals surface area contributed by atoms with E-state index in [4.69, 9.17) is 13.9 Å². The van der Waals surface area contributed by atoms with Gasteiger partial charge in [-0.05, 0) is 31.2 Å². The largest absolute Gasteiger partial charge is 0.489 e. The second-order valence-electron chi connectivity index (χ2n) is 7.32. The number of carbonyl (C=O) groups excluding carboxylic acids is 2. The topological polar surface area (TPSA) is 121 Å². The van der Waals surface area contributed by atoms with Crippen LogP contribution in [-0.4, -0.2) is 22.9 Å². The maximum absolute atomic E-state index is 12.9. The Kier molecular flexibility index (Phi) is 6.54. The lowest BCUT2D eigenvalue weighted by Gasteiger charge is -2.13. The van der Waals surface area contributed by atoms with Crippen LogP contribution in [0, 0.1) is 10.1 Å². The van der Waals surface area contributed by atoms with Crippen LogP contribution in [0.3, 0.4) is 0 Å². The molecule has 0 spiro atoms. The van der Waals surface area contributed by atoms with E-state index in [2.05, 4.69) is 5.32 Å². The molecule has 1 amide bonds. The van der Waals surface area contributed by atoms with Crippen LogP contribution in [0.2, 0.25) is 0 Å². The predicted octanol–water partition coefficient (Wildman–Crippen LogP) is 5.10. The Balaban J connectivity index is 1.52. The number of furan rings is 1. The number of para-hydroxylation sites is 4. The summed E-state index contributed by atoms with van der Waals surface area (Å²) in [4.78, 5) is 36.0. The number of esters is 1. The molecule has 34 heavy (non-hydrogen) atoms. The Bertz CT molecular complexity index is 1350. The van der Waals surface area contributed by atoms with Crippen LogP contribution in [0.25, 0.3) is 11.0 Å². The fourth-order valence-electron chi connectivity index (χ4n) is 3.32. The number of amides is 1. The zero-order valence-corrected chi connectivity index (χ0v) is 18.1. The highest BCUT2D eigenvalue weighted by Crippen LogP contribution is 2.28. The van der Waals surface area contributed by atoms with Crippen molar-refractivity contribution in [3.63, 3.8) is 0 Å². The number of nitro benzene ring substituents is 1. The van der Waals surface area contributed by atoms with Gasteiger partial charge >= 0.3 is 5.97 Å². The van der Waals surface area contributed by atoms with Crippen LogP contribution < -0.4 is 10.1 Å². The molecule has 4 aromatic rings. The van der Waals surface area contributed by atoms with Crippen LogP contribution in [0.1, 0.15) is 23.0 Å². The molecule has 0 saturated carbocycles. The molecule has 1 atom stereocenters. The lowest BCUT2D eigenvalue weighted by atomic mass is 10.1. The van der Waals surface area contributed by atoms with E-state index >= 15 is 0 Å². The zero-order valence-electron chi connectivity index (χ0n) is 18.1. The van der Waals surface area contributed by atoms with Crippen LogP contribution >= 0.6 is 0 Å². The maximum Gasteiger partial charge on any atom is 0.375 e. The van der Waals surface area contributed by atoms with E-state index in [1.54, 1.807) is 36.4 Å². The van der Waals surface area contributed by atoms with Crippen molar-refractivity contribution in [1.82, 2.24) is 0 Å². The monoisotopic (exact) mass is 460 g/mol. The summed E-state index contributed by atoms with van der Waals surface area (Å²) >= 11 is 0. The molecule has 9 nitrogen and oxygen atoms in total. The number of fused-ring (bicyclic) bond motifs is 1. The molecule has 0 aliphatic carbocycles. The third-order valence-corrected chi connectivity index (χ3v) is 5.02. The zero-order chi connectivity index (χ0) is 24.1. The molecule has 0 saturated heterocycles. The second kappa shape index (κ2) is 9.86. The number of nitrogens with zero attached hydrogens (tertiary/aromatic N) is 1. The first-order valence-corrected chi connectivity index (χ1v) is 10.4. The van der Waals surface area contributed by atoms with Crippen molar-refractivity contribution in [2.24, 2.45) is 0 Å². The van der Waals surface area contributed by atoms with E-state index in [1.165, 1.54) is 25.1 Å². The molecule has 0 radical (unpaired) electrons. The fraction of sp³-hybridized carbons (Fsp3) is 0.120. The van der Waals surface area contributed by atoms with E-state index in [9.17, 15) is 19.7 Å². The van der Waals surface area contributed by atoms with Gasteiger partial charge in [-0.1, -0.05) is 48.5 Å². The highest BCUT2D eigenvalue weighted by atomic mass is 16.6. The van der Waals surface area contributed by atoms with Gasteiger partial charge in [0.15, 0.2) is 6.10 Å². The number of nitro groups is 1. The highest BCUT2D eigenvalue weighted by molar-refractivity contribution is 6.00. The number of hydrogen-bond donors (Lipinski definition) is 1. The van der Waals surface area contributed by atoms with Gasteiger partial charge in [0, 0.05) is 11.5 Å². The van der Waals surface area contributed by atoms with Crippen molar-refractivity contribution in [3.8, 4) is 5.75 Å². The number of rotatable bonds is 8. The summed E-state index contributed by atoms with van der Waals surface area (Å²) in [6, 6.07) is 21.9. The SMILES string of the molecule is CC(OC(=O)c1oc2ccccc2c1COc1ccccc1)C(=O)Nc1ccccc1[N+](=O)[O-]. The normalized spacial score (nSPS) is 11.6. The average molecular weight is 460 g/mol. The van der Waals surface area contributed by atoms with Crippen molar-refractivity contribution in [2.75, 3.05) is 5.32 Å². The molecule has 3 aromatic carbocycles. The molecule has 0 bridgehead atoms. The van der Waals surface area contributed by atoms with Crippen LogP contribution in [0.15, 0.2) is 83.3 Å². The van der Waals surface area contributed by atoms with Gasteiger partial charge < -0.3 is 19.2 Å². The number of hydrogen-bond acceptors (Lipinski definition) is 7. The van der Waals surface area contributed by atoms with E-state index in [0.29, 0.717) is 22.3 Å². The van der Waals surface area contributed by atoms with Crippen molar-refractivity contribution >= 4 is 34.2 Å². The summed E-state index contributed by atoms with van der Waals surface area (Å²) in [5, 5.41) is 14.3. The van der Waals surface area contributed by atoms with Crippen molar-refractivity contribution < 1.29 is 28.4 Å². The highest BCUT2D eigenvalue weighted by Gasteiger charge is 2.27. The van der Waals surface area contributed by atoms with E-state index in [0.717, 1.165) is 0 Å². The van der Waals surface area contributed by atoms with Crippen molar-refractivity contribution in [2.45, 2.75) is 19.6 Å². The molecule has 1 heterocycles. The smallest absolute Gasteiger partial charge is 0.375 e. The number of ether oxygens (including phenoxy) is 2. The summed E-state index contributed by atoms with van der Waals surface area (Å²) < 4.78 is 16.9. The molecule has 0 fully saturated rings. The molecule has 1 N–H and O–H groups in total. The van der Waals surface area contributed by atoms with Gasteiger partial charge in [0.25, 0.3) is 11.6 Å². The molecular formula is C25H20N2O7. The molecule has 9 heteroatoms. The van der Waals surface area contributed by atoms with Crippen molar-refractivity contribution in [1.29, 1.82) is 0 Å². The lowest BCUT2D eigenvalue weighted by molar-refractivity contribution is -0.383. The maximum atomic E-state index is 12.9. The molecule has 4 rings (SSSR count). The number of carbonyl (C=O) groups is 2. The predicted molar refractivity (Wildman–Crippen MR) is 124 cm³/mol. The summed E-state index contributed by atoms with van der Waals surface area (Å²) in [6.45, 7) is 1.41. The first-order valence-electron chi connectivity index (χ1n) is 10.4. The van der Waals surface area contributed by atoms with Gasteiger partial charge in [-0.2, -0.15) is 0 Å². The van der Waals surface area contributed by atoms with Gasteiger partial charge in [-0.3, -0.25) is 14.9 Å². The Hall–Kier alpha value is -4.66. The molecule has 0 aliphatic heterocycles. The van der Waals surface area contributed by atoms with Gasteiger partial charge in [0.2, 0.25) is 5.76 Å². The number of nitrogens with one attached hydrogen (secondary N) is 1. The van der Waals surface area contributed by atoms with E-state index in [1.807, 2.05) is 24.3 Å². The summed E-state index contributed by atoms with van der Waals surface area (Å²) in [7, 11) is 0. The minimum Gasteiger partial charge on any atom is -0.489 e. The third-order valence-electron chi connectivity index (χ3n) is 5.02. The third kappa shape index (κ3) is 4.88. The Morgan fingerprint density at radius 2 is 1.68 bits per heavy atom. The molecular weight excluding hydrogens is 440 g/mol. The minimum atomic E-state index is -1.25. The Labute approximate surface area is 194 Å². The first kappa shape index (κ1) is 22.5. The Morgan fingerprint density at radius 1 is 1.00 bits per heavy atom. The molecule has 1 aromatic heterocycles. The standard InChI is InChI=1S/C25H20N2O7/c1-16(24(28)26-20-12-6-7-13-21(20)27(30)31)33-25(29)23-19(15-32-17-9-3-2-4-10-17)18-11-5-8-14-22(18)34-23/h2-14,16H,15H2,1H3,(H,26,28). The quantitative estimate of drug-likeness (QED) is 0.220. The van der Waals surface area contributed by atoms with E-state index < -0.39 is 22.9 Å². The van der Waals surface area contributed by atoms with Crippen LogP contribution in [0.4, 0.5) is 11.4 Å². The summed E-state index contributed by atoms with van der Waals surface area (Å²) in [6.07, 6.45) is -1.25. The molecule has 0 aliphatic rings. The Morgan fingerprint density at radius 3 is 2.44 bits per heavy atom. The van der Waals surface area contributed by atoms with Crippen LogP contribution in [0.5, 0.6) is 5.75 Å². The van der Waals surface area contributed by atoms with Gasteiger partial charge in [0.05, 0.1) is 10.5 Å². The fourth-order valence-corrected chi connectivity index (χ4v) is 3.32. The van der Waals surface area contributed by atoms with Gasteiger partial charge in [-0.15, -0.1) is 0 Å². The number of anilines is 1. The van der Waals surface area contributed by atoms with E-state index in [-0.39, 0.29) is 23.7 Å². The second-order valence-corrected chi connectivity index (χ2v) is 7.32. The molecule has 1 unspecified atom stereocenters. The van der Waals surface area contributed by atoms with Crippen LogP contribution in [-0.2, 0) is 16.1 Å². The molecule has 172 valence electrons. The van der Waals surface area contributed by atoms with Gasteiger partial charge in [0.1, 0.15) is 23.6 Å². The minimum absolute atomic E-state index is 0.00101. The lowest BCUT2D eigenvalue weighted by Crippen LogP contribution is -2.30. The number of benzene rings is 3. The van der Waals surface area contributed by atoms with Crippen molar-refractivity contribution in [3.05, 3.63) is 100 Å².